The molecule has 1 amide bonds. The minimum absolute atomic E-state index is 0.0815. The molecule has 0 saturated carbocycles. The van der Waals surface area contributed by atoms with E-state index < -0.39 is 15.9 Å². The normalized spacial score (nSPS) is 11.4. The van der Waals surface area contributed by atoms with E-state index in [-0.39, 0.29) is 10.5 Å². The van der Waals surface area contributed by atoms with Gasteiger partial charge in [-0.1, -0.05) is 30.8 Å². The van der Waals surface area contributed by atoms with Gasteiger partial charge in [-0.25, -0.2) is 17.9 Å². The standard InChI is InChI=1S/C17H14N2O4S/c1-12(17(20)18-21)13-7-8-16-14(11-13)9-10-19(16)24(22,23)15-5-3-2-4-6-15/h2-11,21H,1H2,(H,18,20). The quantitative estimate of drug-likeness (QED) is 0.433. The molecule has 0 unspecified atom stereocenters. The highest BCUT2D eigenvalue weighted by Crippen LogP contribution is 2.25. The maximum Gasteiger partial charge on any atom is 0.274 e. The second-order valence-electron chi connectivity index (χ2n) is 5.12. The molecule has 24 heavy (non-hydrogen) atoms. The zero-order valence-electron chi connectivity index (χ0n) is 12.5. The number of nitrogens with one attached hydrogen (secondary N) is 1. The molecule has 3 rings (SSSR count). The minimum Gasteiger partial charge on any atom is -0.288 e. The first kappa shape index (κ1) is 16.0. The highest BCUT2D eigenvalue weighted by Gasteiger charge is 2.19. The Hall–Kier alpha value is -2.90. The van der Waals surface area contributed by atoms with Crippen LogP contribution in [0.25, 0.3) is 16.5 Å². The Balaban J connectivity index is 2.10. The number of hydroxylamine groups is 1. The predicted molar refractivity (Wildman–Crippen MR) is 89.9 cm³/mol. The van der Waals surface area contributed by atoms with Crippen molar-refractivity contribution in [3.63, 3.8) is 0 Å². The summed E-state index contributed by atoms with van der Waals surface area (Å²) >= 11 is 0. The van der Waals surface area contributed by atoms with Gasteiger partial charge in [0.05, 0.1) is 10.4 Å². The average molecular weight is 342 g/mol. The van der Waals surface area contributed by atoms with E-state index in [2.05, 4.69) is 6.58 Å². The van der Waals surface area contributed by atoms with Gasteiger partial charge >= 0.3 is 0 Å². The van der Waals surface area contributed by atoms with E-state index in [9.17, 15) is 13.2 Å². The summed E-state index contributed by atoms with van der Waals surface area (Å²) in [6.07, 6.45) is 1.46. The third kappa shape index (κ3) is 2.60. The van der Waals surface area contributed by atoms with Gasteiger partial charge in [0, 0.05) is 17.2 Å². The van der Waals surface area contributed by atoms with Crippen LogP contribution in [0, 0.1) is 0 Å². The largest absolute Gasteiger partial charge is 0.288 e. The van der Waals surface area contributed by atoms with Gasteiger partial charge in [0.25, 0.3) is 15.9 Å². The zero-order valence-corrected chi connectivity index (χ0v) is 13.3. The molecule has 3 aromatic rings. The molecule has 0 radical (unpaired) electrons. The smallest absolute Gasteiger partial charge is 0.274 e. The fraction of sp³-hybridized carbons (Fsp3) is 0. The summed E-state index contributed by atoms with van der Waals surface area (Å²) < 4.78 is 26.7. The first-order valence-electron chi connectivity index (χ1n) is 7.00. The molecule has 0 aliphatic heterocycles. The lowest BCUT2D eigenvalue weighted by Crippen LogP contribution is -2.19. The Morgan fingerprint density at radius 3 is 2.46 bits per heavy atom. The fourth-order valence-electron chi connectivity index (χ4n) is 2.42. The third-order valence-electron chi connectivity index (χ3n) is 3.68. The first-order valence-corrected chi connectivity index (χ1v) is 8.44. The molecule has 0 spiro atoms. The van der Waals surface area contributed by atoms with Crippen LogP contribution in [0.4, 0.5) is 0 Å². The average Bonchev–Trinajstić information content (AvgIpc) is 3.05. The Morgan fingerprint density at radius 1 is 1.08 bits per heavy atom. The van der Waals surface area contributed by atoms with Crippen LogP contribution >= 0.6 is 0 Å². The second kappa shape index (κ2) is 5.95. The maximum absolute atomic E-state index is 12.7. The molecule has 122 valence electrons. The molecule has 0 atom stereocenters. The lowest BCUT2D eigenvalue weighted by Gasteiger charge is -2.08. The third-order valence-corrected chi connectivity index (χ3v) is 5.38. The number of carbonyl (C=O) groups is 1. The summed E-state index contributed by atoms with van der Waals surface area (Å²) in [6.45, 7) is 3.61. The van der Waals surface area contributed by atoms with Crippen molar-refractivity contribution in [1.29, 1.82) is 0 Å². The van der Waals surface area contributed by atoms with E-state index in [4.69, 9.17) is 5.21 Å². The monoisotopic (exact) mass is 342 g/mol. The summed E-state index contributed by atoms with van der Waals surface area (Å²) in [6, 6.07) is 14.6. The van der Waals surface area contributed by atoms with Gasteiger partial charge in [0.2, 0.25) is 0 Å². The SMILES string of the molecule is C=C(C(=O)NO)c1ccc2c(ccn2S(=O)(=O)c2ccccc2)c1. The van der Waals surface area contributed by atoms with Crippen LogP contribution in [-0.4, -0.2) is 23.5 Å². The maximum atomic E-state index is 12.7. The lowest BCUT2D eigenvalue weighted by molar-refractivity contribution is -0.123. The molecule has 0 aliphatic carbocycles. The molecule has 7 heteroatoms. The van der Waals surface area contributed by atoms with Gasteiger partial charge in [0.15, 0.2) is 0 Å². The number of aromatic nitrogens is 1. The number of hydrogen-bond acceptors (Lipinski definition) is 4. The summed E-state index contributed by atoms with van der Waals surface area (Å²) in [4.78, 5) is 11.6. The zero-order chi connectivity index (χ0) is 17.3. The number of fused-ring (bicyclic) bond motifs is 1. The van der Waals surface area contributed by atoms with Crippen LogP contribution in [0.1, 0.15) is 5.56 Å². The summed E-state index contributed by atoms with van der Waals surface area (Å²) in [5.41, 5.74) is 2.58. The van der Waals surface area contributed by atoms with E-state index >= 15 is 0 Å². The predicted octanol–water partition coefficient (Wildman–Crippen LogP) is 2.40. The number of amides is 1. The molecule has 1 heterocycles. The van der Waals surface area contributed by atoms with E-state index in [0.29, 0.717) is 16.5 Å². The van der Waals surface area contributed by atoms with Crippen molar-refractivity contribution in [3.05, 3.63) is 72.9 Å². The number of rotatable bonds is 4. The molecule has 2 aromatic carbocycles. The Bertz CT molecular complexity index is 1040. The van der Waals surface area contributed by atoms with E-state index in [1.807, 2.05) is 0 Å². The highest BCUT2D eigenvalue weighted by atomic mass is 32.2. The summed E-state index contributed by atoms with van der Waals surface area (Å²) in [5, 5.41) is 9.31. The van der Waals surface area contributed by atoms with Crippen LogP contribution in [0.3, 0.4) is 0 Å². The number of nitrogens with zero attached hydrogens (tertiary/aromatic N) is 1. The molecule has 0 fully saturated rings. The number of hydrogen-bond donors (Lipinski definition) is 2. The van der Waals surface area contributed by atoms with Gasteiger partial charge in [-0.15, -0.1) is 0 Å². The van der Waals surface area contributed by atoms with Crippen LogP contribution < -0.4 is 5.48 Å². The number of benzene rings is 2. The molecular formula is C17H14N2O4S. The summed E-state index contributed by atoms with van der Waals surface area (Å²) in [7, 11) is -3.70. The van der Waals surface area contributed by atoms with Gasteiger partial charge in [-0.2, -0.15) is 0 Å². The van der Waals surface area contributed by atoms with Crippen molar-refractivity contribution in [2.45, 2.75) is 4.90 Å². The molecule has 1 aromatic heterocycles. The molecule has 6 nitrogen and oxygen atoms in total. The van der Waals surface area contributed by atoms with Crippen molar-refractivity contribution >= 4 is 32.4 Å². The van der Waals surface area contributed by atoms with E-state index in [1.54, 1.807) is 42.5 Å². The van der Waals surface area contributed by atoms with Gasteiger partial charge < -0.3 is 0 Å². The first-order chi connectivity index (χ1) is 11.4. The van der Waals surface area contributed by atoms with Gasteiger partial charge in [0.1, 0.15) is 0 Å². The topological polar surface area (TPSA) is 88.4 Å². The molecule has 2 N–H and O–H groups in total. The van der Waals surface area contributed by atoms with Crippen LogP contribution in [0.2, 0.25) is 0 Å². The van der Waals surface area contributed by atoms with Crippen LogP contribution in [0.15, 0.2) is 72.3 Å². The van der Waals surface area contributed by atoms with Crippen molar-refractivity contribution in [2.24, 2.45) is 0 Å². The fourth-order valence-corrected chi connectivity index (χ4v) is 3.79. The summed E-state index contributed by atoms with van der Waals surface area (Å²) in [5.74, 6) is -0.717. The van der Waals surface area contributed by atoms with E-state index in [1.165, 1.54) is 27.8 Å². The lowest BCUT2D eigenvalue weighted by atomic mass is 10.1. The van der Waals surface area contributed by atoms with Gasteiger partial charge in [-0.05, 0) is 35.9 Å². The Labute approximate surface area is 138 Å². The van der Waals surface area contributed by atoms with Crippen molar-refractivity contribution < 1.29 is 18.4 Å². The van der Waals surface area contributed by atoms with Crippen LogP contribution in [-0.2, 0) is 14.8 Å². The van der Waals surface area contributed by atoms with E-state index in [0.717, 1.165) is 0 Å². The Morgan fingerprint density at radius 2 is 1.79 bits per heavy atom. The molecule has 0 aliphatic rings. The molecule has 0 bridgehead atoms. The van der Waals surface area contributed by atoms with Crippen molar-refractivity contribution in [2.75, 3.05) is 0 Å². The Kier molecular flexibility index (Phi) is 3.96. The molecular weight excluding hydrogens is 328 g/mol. The second-order valence-corrected chi connectivity index (χ2v) is 6.94. The highest BCUT2D eigenvalue weighted by molar-refractivity contribution is 7.90. The minimum atomic E-state index is -3.70. The number of carbonyl (C=O) groups excluding carboxylic acids is 1. The van der Waals surface area contributed by atoms with Crippen LogP contribution in [0.5, 0.6) is 0 Å². The van der Waals surface area contributed by atoms with Gasteiger partial charge in [-0.3, -0.25) is 10.0 Å². The van der Waals surface area contributed by atoms with Crippen molar-refractivity contribution in [3.8, 4) is 0 Å². The molecule has 0 saturated heterocycles. The van der Waals surface area contributed by atoms with Crippen molar-refractivity contribution in [1.82, 2.24) is 9.45 Å².